The largest absolute Gasteiger partial charge is 0.481 e. The Morgan fingerprint density at radius 3 is 2.42 bits per heavy atom. The van der Waals surface area contributed by atoms with Crippen LogP contribution in [0.4, 0.5) is 18.9 Å². The maximum atomic E-state index is 13.5. The fraction of sp³-hybridized carbons (Fsp3) is 0.455. The number of hydrogen-bond donors (Lipinski definition) is 2. The van der Waals surface area contributed by atoms with Gasteiger partial charge < -0.3 is 10.4 Å². The summed E-state index contributed by atoms with van der Waals surface area (Å²) in [4.78, 5) is 24.3. The number of allylic oxidation sites excluding steroid dienone is 4. The quantitative estimate of drug-likeness (QED) is 0.479. The molecule has 0 heterocycles. The Balaban J connectivity index is 2.37. The van der Waals surface area contributed by atoms with Gasteiger partial charge in [0.05, 0.1) is 28.5 Å². The third-order valence-electron chi connectivity index (χ3n) is 5.63. The van der Waals surface area contributed by atoms with Crippen LogP contribution in [0.5, 0.6) is 0 Å². The monoisotopic (exact) mass is 477 g/mol. The number of anilines is 1. The molecule has 0 radical (unpaired) electrons. The van der Waals surface area contributed by atoms with Gasteiger partial charge in [0, 0.05) is 5.03 Å². The van der Waals surface area contributed by atoms with Gasteiger partial charge in [0.15, 0.2) is 0 Å². The minimum atomic E-state index is -4.57. The van der Waals surface area contributed by atoms with E-state index in [2.05, 4.69) is 5.32 Å². The highest BCUT2D eigenvalue weighted by Gasteiger charge is 2.47. The van der Waals surface area contributed by atoms with E-state index in [-0.39, 0.29) is 23.6 Å². The second kappa shape index (κ2) is 10.1. The summed E-state index contributed by atoms with van der Waals surface area (Å²) in [5, 5.41) is 12.3. The lowest BCUT2D eigenvalue weighted by atomic mass is 9.78. The van der Waals surface area contributed by atoms with Crippen molar-refractivity contribution in [2.24, 2.45) is 23.7 Å². The summed E-state index contributed by atoms with van der Waals surface area (Å²) in [6.45, 7) is 4.18. The van der Waals surface area contributed by atoms with Crippen LogP contribution in [-0.2, 0) is 16.0 Å². The van der Waals surface area contributed by atoms with Crippen molar-refractivity contribution in [3.05, 3.63) is 51.5 Å². The molecule has 0 bridgehead atoms. The second-order valence-corrected chi connectivity index (χ2v) is 8.69. The average molecular weight is 478 g/mol. The van der Waals surface area contributed by atoms with Crippen molar-refractivity contribution in [3.63, 3.8) is 0 Å². The molecule has 2 rings (SSSR count). The molecule has 0 saturated carbocycles. The van der Waals surface area contributed by atoms with Crippen molar-refractivity contribution in [3.8, 4) is 0 Å². The van der Waals surface area contributed by atoms with Crippen LogP contribution in [0.25, 0.3) is 0 Å². The third kappa shape index (κ3) is 6.26. The van der Waals surface area contributed by atoms with Crippen LogP contribution in [0, 0.1) is 30.6 Å². The van der Waals surface area contributed by atoms with E-state index in [1.165, 1.54) is 18.2 Å². The van der Waals surface area contributed by atoms with Crippen molar-refractivity contribution >= 4 is 40.8 Å². The fourth-order valence-electron chi connectivity index (χ4n) is 3.59. The van der Waals surface area contributed by atoms with Crippen LogP contribution in [0.3, 0.4) is 0 Å². The minimum Gasteiger partial charge on any atom is -0.481 e. The SMILES string of the molecule is Cc1c(CC(C)C(=O)O)ccc(Cl)c1NC(=O)[C@H](C1C=CC(Cl)=CC1)[C@@H](C)C(F)(F)F. The van der Waals surface area contributed by atoms with Gasteiger partial charge in [-0.15, -0.1) is 0 Å². The molecule has 0 fully saturated rings. The summed E-state index contributed by atoms with van der Waals surface area (Å²) in [5.41, 5.74) is 1.35. The zero-order valence-corrected chi connectivity index (χ0v) is 18.8. The lowest BCUT2D eigenvalue weighted by Crippen LogP contribution is -2.40. The number of alkyl halides is 3. The molecule has 9 heteroatoms. The van der Waals surface area contributed by atoms with Crippen molar-refractivity contribution in [2.75, 3.05) is 5.32 Å². The number of rotatable bonds is 7. The molecule has 2 unspecified atom stereocenters. The molecule has 170 valence electrons. The summed E-state index contributed by atoms with van der Waals surface area (Å²) >= 11 is 12.1. The molecular formula is C22H24Cl2F3NO3. The van der Waals surface area contributed by atoms with E-state index in [4.69, 9.17) is 28.3 Å². The number of benzene rings is 1. The second-order valence-electron chi connectivity index (χ2n) is 7.84. The van der Waals surface area contributed by atoms with E-state index < -0.39 is 41.7 Å². The molecule has 1 aromatic carbocycles. The van der Waals surface area contributed by atoms with Crippen molar-refractivity contribution < 1.29 is 27.9 Å². The number of aliphatic carboxylic acids is 1. The highest BCUT2D eigenvalue weighted by atomic mass is 35.5. The first-order chi connectivity index (χ1) is 14.3. The summed E-state index contributed by atoms with van der Waals surface area (Å²) in [6, 6.07) is 3.15. The molecule has 1 amide bonds. The molecule has 4 atom stereocenters. The van der Waals surface area contributed by atoms with Gasteiger partial charge in [0.25, 0.3) is 0 Å². The minimum absolute atomic E-state index is 0.165. The van der Waals surface area contributed by atoms with E-state index in [1.807, 2.05) is 0 Å². The van der Waals surface area contributed by atoms with Crippen molar-refractivity contribution in [1.29, 1.82) is 0 Å². The van der Waals surface area contributed by atoms with E-state index in [0.717, 1.165) is 6.92 Å². The standard InChI is InChI=1S/C22H24Cl2F3NO3/c1-11(21(30)31)10-15-6-9-17(24)19(12(15)2)28-20(29)18(13(3)22(25,26)27)14-4-7-16(23)8-5-14/h4,6-9,11,13-14,18H,5,10H2,1-3H3,(H,28,29)(H,30,31)/t11?,13-,14?,18+/m1/s1. The first-order valence-electron chi connectivity index (χ1n) is 9.75. The van der Waals surface area contributed by atoms with Crippen LogP contribution in [0.1, 0.15) is 31.4 Å². The maximum absolute atomic E-state index is 13.5. The van der Waals surface area contributed by atoms with Gasteiger partial charge in [-0.2, -0.15) is 13.2 Å². The van der Waals surface area contributed by atoms with Gasteiger partial charge in [0.1, 0.15) is 0 Å². The number of hydrogen-bond acceptors (Lipinski definition) is 2. The van der Waals surface area contributed by atoms with E-state index in [9.17, 15) is 22.8 Å². The van der Waals surface area contributed by atoms with Gasteiger partial charge in [-0.3, -0.25) is 9.59 Å². The zero-order chi connectivity index (χ0) is 23.5. The van der Waals surface area contributed by atoms with Crippen molar-refractivity contribution in [1.82, 2.24) is 0 Å². The maximum Gasteiger partial charge on any atom is 0.392 e. The Bertz CT molecular complexity index is 912. The molecule has 1 aliphatic carbocycles. The number of nitrogens with one attached hydrogen (secondary N) is 1. The molecule has 0 saturated heterocycles. The van der Waals surface area contributed by atoms with Gasteiger partial charge in [-0.25, -0.2) is 0 Å². The lowest BCUT2D eigenvalue weighted by Gasteiger charge is -2.31. The van der Waals surface area contributed by atoms with Gasteiger partial charge in [-0.05, 0) is 49.0 Å². The van der Waals surface area contributed by atoms with E-state index in [0.29, 0.717) is 16.2 Å². The van der Waals surface area contributed by atoms with Crippen molar-refractivity contribution in [2.45, 2.75) is 39.8 Å². The van der Waals surface area contributed by atoms with Gasteiger partial charge >= 0.3 is 12.1 Å². The number of carboxylic acids is 1. The van der Waals surface area contributed by atoms with Gasteiger partial charge in [-0.1, -0.05) is 55.3 Å². The predicted octanol–water partition coefficient (Wildman–Crippen LogP) is 6.36. The highest BCUT2D eigenvalue weighted by molar-refractivity contribution is 6.34. The summed E-state index contributed by atoms with van der Waals surface area (Å²) in [7, 11) is 0. The molecule has 1 aromatic rings. The Morgan fingerprint density at radius 1 is 1.26 bits per heavy atom. The predicted molar refractivity (Wildman–Crippen MR) is 115 cm³/mol. The molecule has 0 aliphatic heterocycles. The number of carbonyl (C=O) groups is 2. The highest BCUT2D eigenvalue weighted by Crippen LogP contribution is 2.40. The molecular weight excluding hydrogens is 454 g/mol. The van der Waals surface area contributed by atoms with Gasteiger partial charge in [0.2, 0.25) is 5.91 Å². The first-order valence-corrected chi connectivity index (χ1v) is 10.5. The average Bonchev–Trinajstić information content (AvgIpc) is 2.68. The molecule has 0 aromatic heterocycles. The Labute approximate surface area is 189 Å². The Morgan fingerprint density at radius 2 is 1.90 bits per heavy atom. The molecule has 2 N–H and O–H groups in total. The number of carbonyl (C=O) groups excluding carboxylic acids is 1. The first kappa shape index (κ1) is 25.3. The fourth-order valence-corrected chi connectivity index (χ4v) is 4.01. The number of carboxylic acid groups (broad SMARTS) is 1. The van der Waals surface area contributed by atoms with Crippen LogP contribution in [0.15, 0.2) is 35.4 Å². The van der Waals surface area contributed by atoms with Crippen LogP contribution in [-0.4, -0.2) is 23.2 Å². The summed E-state index contributed by atoms with van der Waals surface area (Å²) in [6.07, 6.45) is 0.425. The lowest BCUT2D eigenvalue weighted by molar-refractivity contribution is -0.188. The smallest absolute Gasteiger partial charge is 0.392 e. The topological polar surface area (TPSA) is 66.4 Å². The number of halogens is 5. The Kier molecular flexibility index (Phi) is 8.22. The molecule has 0 spiro atoms. The number of amides is 1. The molecule has 1 aliphatic rings. The van der Waals surface area contributed by atoms with E-state index >= 15 is 0 Å². The zero-order valence-electron chi connectivity index (χ0n) is 17.3. The third-order valence-corrected chi connectivity index (χ3v) is 6.22. The van der Waals surface area contributed by atoms with Crippen LogP contribution in [0.2, 0.25) is 5.02 Å². The summed E-state index contributed by atoms with van der Waals surface area (Å²) in [5.74, 6) is -6.44. The molecule has 31 heavy (non-hydrogen) atoms. The van der Waals surface area contributed by atoms with E-state index in [1.54, 1.807) is 26.0 Å². The molecule has 4 nitrogen and oxygen atoms in total. The van der Waals surface area contributed by atoms with Crippen LogP contribution < -0.4 is 5.32 Å². The van der Waals surface area contributed by atoms with Crippen LogP contribution >= 0.6 is 23.2 Å². The normalized spacial score (nSPS) is 19.4. The Hall–Kier alpha value is -1.99. The summed E-state index contributed by atoms with van der Waals surface area (Å²) < 4.78 is 40.6.